The first kappa shape index (κ1) is 25.5. The van der Waals surface area contributed by atoms with Crippen molar-refractivity contribution in [3.8, 4) is 0 Å². The minimum absolute atomic E-state index is 0. The van der Waals surface area contributed by atoms with Crippen LogP contribution in [-0.2, 0) is 6.54 Å². The highest BCUT2D eigenvalue weighted by Crippen LogP contribution is 2.23. The standard InChI is InChI=1S/C24H35N7O.HI/c1-2-25-23(30-14-16-31(17-15-30)24-26-10-3-11-27-24)28-18-20-4-6-22(7-5-20)29-12-8-21(19-32)9-13-29;/h3-7,10-11,21,32H,2,8-9,12-19H2,1H3,(H,25,28);1H. The Morgan fingerprint density at radius 1 is 1.00 bits per heavy atom. The van der Waals surface area contributed by atoms with Crippen molar-refractivity contribution in [1.82, 2.24) is 20.2 Å². The second-order valence-electron chi connectivity index (χ2n) is 8.47. The molecule has 1 aromatic carbocycles. The Kier molecular flexibility index (Phi) is 9.98. The number of hydrogen-bond donors (Lipinski definition) is 2. The Labute approximate surface area is 214 Å². The zero-order chi connectivity index (χ0) is 22.2. The summed E-state index contributed by atoms with van der Waals surface area (Å²) in [6, 6.07) is 10.6. The van der Waals surface area contributed by atoms with E-state index >= 15 is 0 Å². The summed E-state index contributed by atoms with van der Waals surface area (Å²) in [4.78, 5) is 20.6. The topological polar surface area (TPSA) is 80.1 Å². The number of piperidine rings is 1. The number of aliphatic imine (C=N–C) groups is 1. The SMILES string of the molecule is CCNC(=NCc1ccc(N2CCC(CO)CC2)cc1)N1CCN(c2ncccn2)CC1.I. The quantitative estimate of drug-likeness (QED) is 0.317. The fraction of sp³-hybridized carbons (Fsp3) is 0.542. The van der Waals surface area contributed by atoms with Crippen LogP contribution < -0.4 is 15.1 Å². The Morgan fingerprint density at radius 2 is 1.67 bits per heavy atom. The smallest absolute Gasteiger partial charge is 0.225 e. The van der Waals surface area contributed by atoms with Gasteiger partial charge in [0, 0.05) is 70.5 Å². The van der Waals surface area contributed by atoms with Gasteiger partial charge in [-0.25, -0.2) is 15.0 Å². The second kappa shape index (κ2) is 12.9. The van der Waals surface area contributed by atoms with Gasteiger partial charge < -0.3 is 25.1 Å². The van der Waals surface area contributed by atoms with Crippen molar-refractivity contribution in [3.05, 3.63) is 48.3 Å². The Morgan fingerprint density at radius 3 is 2.27 bits per heavy atom. The van der Waals surface area contributed by atoms with E-state index in [9.17, 15) is 5.11 Å². The summed E-state index contributed by atoms with van der Waals surface area (Å²) < 4.78 is 0. The minimum Gasteiger partial charge on any atom is -0.396 e. The number of hydrogen-bond acceptors (Lipinski definition) is 6. The summed E-state index contributed by atoms with van der Waals surface area (Å²) >= 11 is 0. The molecule has 0 bridgehead atoms. The number of nitrogens with one attached hydrogen (secondary N) is 1. The lowest BCUT2D eigenvalue weighted by atomic mass is 9.97. The largest absolute Gasteiger partial charge is 0.396 e. The van der Waals surface area contributed by atoms with Gasteiger partial charge in [0.2, 0.25) is 5.95 Å². The second-order valence-corrected chi connectivity index (χ2v) is 8.47. The van der Waals surface area contributed by atoms with Gasteiger partial charge >= 0.3 is 0 Å². The third-order valence-electron chi connectivity index (χ3n) is 6.33. The molecule has 0 saturated carbocycles. The number of guanidine groups is 1. The third-order valence-corrected chi connectivity index (χ3v) is 6.33. The van der Waals surface area contributed by atoms with Crippen molar-refractivity contribution >= 4 is 41.6 Å². The Hall–Kier alpha value is -2.14. The van der Waals surface area contributed by atoms with Crippen LogP contribution in [0.25, 0.3) is 0 Å². The molecule has 33 heavy (non-hydrogen) atoms. The summed E-state index contributed by atoms with van der Waals surface area (Å²) in [6.07, 6.45) is 5.72. The van der Waals surface area contributed by atoms with Gasteiger partial charge in [0.25, 0.3) is 0 Å². The molecular weight excluding hydrogens is 529 g/mol. The maximum Gasteiger partial charge on any atom is 0.225 e. The molecule has 9 heteroatoms. The first-order chi connectivity index (χ1) is 15.8. The number of rotatable bonds is 6. The van der Waals surface area contributed by atoms with Gasteiger partial charge in [-0.15, -0.1) is 24.0 Å². The number of aromatic nitrogens is 2. The Bertz CT molecular complexity index is 849. The number of halogens is 1. The van der Waals surface area contributed by atoms with Gasteiger partial charge in [0.15, 0.2) is 5.96 Å². The predicted octanol–water partition coefficient (Wildman–Crippen LogP) is 2.59. The van der Waals surface area contributed by atoms with Crippen LogP contribution in [0.5, 0.6) is 0 Å². The maximum atomic E-state index is 9.34. The molecule has 0 radical (unpaired) electrons. The number of anilines is 2. The summed E-state index contributed by atoms with van der Waals surface area (Å²) in [7, 11) is 0. The molecule has 0 amide bonds. The van der Waals surface area contributed by atoms with Crippen molar-refractivity contribution in [3.63, 3.8) is 0 Å². The number of aliphatic hydroxyl groups excluding tert-OH is 1. The van der Waals surface area contributed by atoms with E-state index in [1.165, 1.54) is 11.3 Å². The fourth-order valence-corrected chi connectivity index (χ4v) is 4.35. The summed E-state index contributed by atoms with van der Waals surface area (Å²) in [5, 5.41) is 12.8. The molecule has 2 aromatic rings. The van der Waals surface area contributed by atoms with Crippen LogP contribution in [0.2, 0.25) is 0 Å². The molecule has 0 aliphatic carbocycles. The van der Waals surface area contributed by atoms with E-state index in [4.69, 9.17) is 4.99 Å². The lowest BCUT2D eigenvalue weighted by Crippen LogP contribution is -2.52. The molecule has 3 heterocycles. The van der Waals surface area contributed by atoms with Crippen LogP contribution in [0.15, 0.2) is 47.7 Å². The van der Waals surface area contributed by atoms with E-state index in [0.717, 1.165) is 70.6 Å². The van der Waals surface area contributed by atoms with Crippen LogP contribution in [0.1, 0.15) is 25.3 Å². The monoisotopic (exact) mass is 565 g/mol. The van der Waals surface area contributed by atoms with Gasteiger partial charge in [-0.3, -0.25) is 0 Å². The number of nitrogens with zero attached hydrogens (tertiary/aromatic N) is 6. The molecule has 2 aliphatic heterocycles. The summed E-state index contributed by atoms with van der Waals surface area (Å²) in [5.74, 6) is 2.23. The van der Waals surface area contributed by atoms with Gasteiger partial charge in [0.05, 0.1) is 6.54 Å². The number of piperazine rings is 1. The predicted molar refractivity (Wildman–Crippen MR) is 145 cm³/mol. The van der Waals surface area contributed by atoms with Crippen molar-refractivity contribution in [2.24, 2.45) is 10.9 Å². The van der Waals surface area contributed by atoms with Crippen molar-refractivity contribution in [1.29, 1.82) is 0 Å². The van der Waals surface area contributed by atoms with Gasteiger partial charge in [-0.05, 0) is 49.4 Å². The molecular formula is C24H36IN7O. The lowest BCUT2D eigenvalue weighted by molar-refractivity contribution is 0.203. The van der Waals surface area contributed by atoms with Crippen LogP contribution in [0.4, 0.5) is 11.6 Å². The van der Waals surface area contributed by atoms with Crippen molar-refractivity contribution in [2.45, 2.75) is 26.3 Å². The molecule has 0 unspecified atom stereocenters. The normalized spacial score (nSPS) is 17.6. The molecule has 2 fully saturated rings. The van der Waals surface area contributed by atoms with Gasteiger partial charge in [-0.1, -0.05) is 12.1 Å². The van der Waals surface area contributed by atoms with E-state index in [0.29, 0.717) is 19.1 Å². The highest BCUT2D eigenvalue weighted by atomic mass is 127. The first-order valence-corrected chi connectivity index (χ1v) is 11.8. The van der Waals surface area contributed by atoms with E-state index in [1.807, 2.05) is 6.07 Å². The summed E-state index contributed by atoms with van der Waals surface area (Å²) in [6.45, 7) is 9.54. The average molecular weight is 566 g/mol. The van der Waals surface area contributed by atoms with Crippen LogP contribution in [-0.4, -0.2) is 78.4 Å². The zero-order valence-electron chi connectivity index (χ0n) is 19.4. The third kappa shape index (κ3) is 6.92. The van der Waals surface area contributed by atoms with E-state index in [2.05, 4.69) is 61.2 Å². The molecule has 0 atom stereocenters. The molecule has 2 saturated heterocycles. The van der Waals surface area contributed by atoms with Crippen LogP contribution in [0, 0.1) is 5.92 Å². The highest BCUT2D eigenvalue weighted by molar-refractivity contribution is 14.0. The van der Waals surface area contributed by atoms with E-state index < -0.39 is 0 Å². The molecule has 8 nitrogen and oxygen atoms in total. The first-order valence-electron chi connectivity index (χ1n) is 11.8. The molecule has 4 rings (SSSR count). The molecule has 1 aromatic heterocycles. The van der Waals surface area contributed by atoms with Gasteiger partial charge in [0.1, 0.15) is 0 Å². The average Bonchev–Trinajstić information content (AvgIpc) is 2.87. The van der Waals surface area contributed by atoms with Crippen LogP contribution in [0.3, 0.4) is 0 Å². The molecule has 2 N–H and O–H groups in total. The molecule has 2 aliphatic rings. The van der Waals surface area contributed by atoms with E-state index in [-0.39, 0.29) is 24.0 Å². The Balaban J connectivity index is 0.00000306. The highest BCUT2D eigenvalue weighted by Gasteiger charge is 2.21. The molecule has 180 valence electrons. The number of aliphatic hydroxyl groups is 1. The van der Waals surface area contributed by atoms with Crippen molar-refractivity contribution in [2.75, 3.05) is 62.2 Å². The maximum absolute atomic E-state index is 9.34. The van der Waals surface area contributed by atoms with Crippen LogP contribution >= 0.6 is 24.0 Å². The number of benzene rings is 1. The minimum atomic E-state index is 0. The van der Waals surface area contributed by atoms with Gasteiger partial charge in [-0.2, -0.15) is 0 Å². The fourth-order valence-electron chi connectivity index (χ4n) is 4.35. The lowest BCUT2D eigenvalue weighted by Gasteiger charge is -2.36. The molecule has 0 spiro atoms. The van der Waals surface area contributed by atoms with E-state index in [1.54, 1.807) is 12.4 Å². The zero-order valence-corrected chi connectivity index (χ0v) is 21.8. The summed E-state index contributed by atoms with van der Waals surface area (Å²) in [5.41, 5.74) is 2.48. The van der Waals surface area contributed by atoms with Crippen molar-refractivity contribution < 1.29 is 5.11 Å².